The van der Waals surface area contributed by atoms with Crippen molar-refractivity contribution in [3.63, 3.8) is 0 Å². The first kappa shape index (κ1) is 20.2. The Morgan fingerprint density at radius 1 is 1.04 bits per heavy atom. The molecule has 1 N–H and O–H groups in total. The summed E-state index contributed by atoms with van der Waals surface area (Å²) in [6, 6.07) is 13.3. The van der Waals surface area contributed by atoms with Gasteiger partial charge in [0.1, 0.15) is 0 Å². The summed E-state index contributed by atoms with van der Waals surface area (Å²) in [5.41, 5.74) is 7.85. The maximum atomic E-state index is 3.80. The molecule has 0 unspecified atom stereocenters. The summed E-state index contributed by atoms with van der Waals surface area (Å²) in [4.78, 5) is 5.01. The Hall–Kier alpha value is -2.58. The lowest BCUT2D eigenvalue weighted by atomic mass is 9.96. The molecule has 0 aliphatic heterocycles. The van der Waals surface area contributed by atoms with Gasteiger partial charge in [-0.05, 0) is 49.6 Å². The number of aryl methyl sites for hydroxylation is 3. The average Bonchev–Trinajstić information content (AvgIpc) is 3.23. The average molecular weight is 388 g/mol. The number of rotatable bonds is 4. The molecule has 0 aliphatic carbocycles. The number of hydrogen-bond acceptors (Lipinski definition) is 1. The second-order valence-corrected chi connectivity index (χ2v) is 7.97. The number of aromatic nitrogens is 1. The number of H-pyrrole nitrogens is 1. The summed E-state index contributed by atoms with van der Waals surface area (Å²) < 4.78 is 1.36. The zero-order valence-electron chi connectivity index (χ0n) is 17.5. The first-order chi connectivity index (χ1) is 13.6. The minimum absolute atomic E-state index is 0.996. The maximum absolute atomic E-state index is 3.80. The van der Waals surface area contributed by atoms with Gasteiger partial charge in [-0.2, -0.15) is 0 Å². The number of hydrogen-bond donors (Lipinski definition) is 1. The molecule has 0 fully saturated rings. The third kappa shape index (κ3) is 3.45. The van der Waals surface area contributed by atoms with Crippen LogP contribution < -0.4 is 0 Å². The van der Waals surface area contributed by atoms with Crippen LogP contribution in [0.4, 0.5) is 0 Å². The number of aromatic amines is 1. The van der Waals surface area contributed by atoms with Crippen molar-refractivity contribution in [2.75, 3.05) is 0 Å². The van der Waals surface area contributed by atoms with Gasteiger partial charge in [-0.1, -0.05) is 63.8 Å². The molecule has 0 spiro atoms. The molecule has 1 nitrogen and oxygen atoms in total. The van der Waals surface area contributed by atoms with Crippen LogP contribution in [0, 0.1) is 13.8 Å². The van der Waals surface area contributed by atoms with E-state index in [1.165, 1.54) is 53.8 Å². The summed E-state index contributed by atoms with van der Waals surface area (Å²) in [5, 5.41) is 2.66. The zero-order chi connectivity index (χ0) is 20.3. The number of benzene rings is 2. The van der Waals surface area contributed by atoms with Gasteiger partial charge in [-0.25, -0.2) is 0 Å². The van der Waals surface area contributed by atoms with E-state index in [0.29, 0.717) is 0 Å². The van der Waals surface area contributed by atoms with Gasteiger partial charge in [0, 0.05) is 42.7 Å². The summed E-state index contributed by atoms with van der Waals surface area (Å²) in [6.07, 6.45) is 6.99. The molecular weight excluding hydrogens is 358 g/mol. The van der Waals surface area contributed by atoms with Crippen molar-refractivity contribution in [2.24, 2.45) is 0 Å². The van der Waals surface area contributed by atoms with Crippen LogP contribution in [0.5, 0.6) is 0 Å². The summed E-state index contributed by atoms with van der Waals surface area (Å²) in [5.74, 6) is 0. The normalized spacial score (nSPS) is 11.2. The number of nitrogens with one attached hydrogen (secondary N) is 1. The highest BCUT2D eigenvalue weighted by molar-refractivity contribution is 7.19. The Morgan fingerprint density at radius 3 is 2.50 bits per heavy atom. The van der Waals surface area contributed by atoms with Crippen LogP contribution in [-0.2, 0) is 6.42 Å². The van der Waals surface area contributed by atoms with Crippen molar-refractivity contribution in [3.8, 4) is 11.1 Å². The molecular formula is C26H29NS. The van der Waals surface area contributed by atoms with Gasteiger partial charge in [0.15, 0.2) is 0 Å². The van der Waals surface area contributed by atoms with Gasteiger partial charge >= 0.3 is 0 Å². The quantitative estimate of drug-likeness (QED) is 0.338. The molecule has 4 rings (SSSR count). The fourth-order valence-corrected chi connectivity index (χ4v) is 4.94. The molecule has 0 amide bonds. The van der Waals surface area contributed by atoms with Crippen LogP contribution in [0.2, 0.25) is 0 Å². The Kier molecular flexibility index (Phi) is 6.21. The molecule has 144 valence electrons. The molecule has 4 aromatic rings. The van der Waals surface area contributed by atoms with E-state index in [2.05, 4.69) is 74.8 Å². The summed E-state index contributed by atoms with van der Waals surface area (Å²) >= 11 is 1.89. The molecule has 0 aliphatic rings. The van der Waals surface area contributed by atoms with E-state index in [-0.39, 0.29) is 0 Å². The Morgan fingerprint density at radius 2 is 1.79 bits per heavy atom. The molecule has 0 saturated carbocycles. The monoisotopic (exact) mass is 387 g/mol. The van der Waals surface area contributed by atoms with Gasteiger partial charge in [0.05, 0.1) is 0 Å². The predicted molar refractivity (Wildman–Crippen MR) is 129 cm³/mol. The van der Waals surface area contributed by atoms with Crippen LogP contribution in [-0.4, -0.2) is 4.98 Å². The fourth-order valence-electron chi connectivity index (χ4n) is 3.79. The highest BCUT2D eigenvalue weighted by atomic mass is 32.1. The van der Waals surface area contributed by atoms with E-state index in [0.717, 1.165) is 6.42 Å². The lowest BCUT2D eigenvalue weighted by Gasteiger charge is -2.07. The Labute approximate surface area is 172 Å². The molecule has 2 aromatic heterocycles. The van der Waals surface area contributed by atoms with Crippen LogP contribution in [0.25, 0.3) is 38.2 Å². The van der Waals surface area contributed by atoms with E-state index in [1.807, 2.05) is 37.3 Å². The van der Waals surface area contributed by atoms with E-state index in [1.54, 1.807) is 0 Å². The van der Waals surface area contributed by atoms with Crippen LogP contribution in [0.15, 0.2) is 55.1 Å². The van der Waals surface area contributed by atoms with Gasteiger partial charge < -0.3 is 4.98 Å². The summed E-state index contributed by atoms with van der Waals surface area (Å²) in [6.45, 7) is 14.4. The summed E-state index contributed by atoms with van der Waals surface area (Å²) in [7, 11) is 0. The van der Waals surface area contributed by atoms with E-state index in [9.17, 15) is 0 Å². The van der Waals surface area contributed by atoms with Gasteiger partial charge in [0.2, 0.25) is 0 Å². The van der Waals surface area contributed by atoms with Crippen molar-refractivity contribution >= 4 is 38.4 Å². The van der Waals surface area contributed by atoms with E-state index >= 15 is 0 Å². The Balaban J connectivity index is 0.00000109. The number of fused-ring (bicyclic) bond motifs is 2. The van der Waals surface area contributed by atoms with Gasteiger partial charge in [-0.15, -0.1) is 11.3 Å². The minimum Gasteiger partial charge on any atom is -0.358 e. The number of allylic oxidation sites excluding steroid dienone is 2. The van der Waals surface area contributed by atoms with Crippen molar-refractivity contribution in [1.29, 1.82) is 0 Å². The van der Waals surface area contributed by atoms with Crippen molar-refractivity contribution in [3.05, 3.63) is 76.8 Å². The van der Waals surface area contributed by atoms with Crippen molar-refractivity contribution in [1.82, 2.24) is 4.98 Å². The Bertz CT molecular complexity index is 1150. The second kappa shape index (κ2) is 8.62. The highest BCUT2D eigenvalue weighted by Gasteiger charge is 2.19. The lowest BCUT2D eigenvalue weighted by Crippen LogP contribution is -1.87. The third-order valence-corrected chi connectivity index (χ3v) is 6.12. The van der Waals surface area contributed by atoms with Gasteiger partial charge in [0.25, 0.3) is 0 Å². The fraction of sp³-hybridized carbons (Fsp3) is 0.231. The minimum atomic E-state index is 0.996. The molecule has 0 bridgehead atoms. The number of thiophene rings is 1. The maximum Gasteiger partial charge on any atom is 0.0462 e. The van der Waals surface area contributed by atoms with Crippen molar-refractivity contribution in [2.45, 2.75) is 41.0 Å². The van der Waals surface area contributed by atoms with E-state index < -0.39 is 0 Å². The van der Waals surface area contributed by atoms with Crippen LogP contribution in [0.3, 0.4) is 0 Å². The molecule has 28 heavy (non-hydrogen) atoms. The topological polar surface area (TPSA) is 15.8 Å². The molecule has 0 atom stereocenters. The lowest BCUT2D eigenvalue weighted by molar-refractivity contribution is 1.08. The SMILES string of the molecule is C=C/C=C\c1cc2c(-c3c(CC)[nH]c4ccccc34)c(C)sc2cc1C.CC. The standard InChI is InChI=1S/C24H23NS.C2H6/c1-5-7-10-17-14-19-22(13-15(17)3)26-16(4)23(19)24-18-11-8-9-12-21(18)25-20(24)6-2;1-2/h5,7-14,25H,1,6H2,2-4H3;1-2H3/b10-7-;. The first-order valence-corrected chi connectivity index (χ1v) is 10.9. The number of para-hydroxylation sites is 1. The van der Waals surface area contributed by atoms with Crippen molar-refractivity contribution < 1.29 is 0 Å². The first-order valence-electron chi connectivity index (χ1n) is 10.1. The predicted octanol–water partition coefficient (Wildman–Crippen LogP) is 8.45. The third-order valence-electron chi connectivity index (χ3n) is 5.05. The largest absolute Gasteiger partial charge is 0.358 e. The smallest absolute Gasteiger partial charge is 0.0462 e. The van der Waals surface area contributed by atoms with E-state index in [4.69, 9.17) is 0 Å². The highest BCUT2D eigenvalue weighted by Crippen LogP contribution is 2.44. The molecule has 2 heteroatoms. The van der Waals surface area contributed by atoms with Crippen LogP contribution in [0.1, 0.15) is 42.5 Å². The molecule has 0 saturated heterocycles. The second-order valence-electron chi connectivity index (χ2n) is 6.71. The van der Waals surface area contributed by atoms with Crippen LogP contribution >= 0.6 is 11.3 Å². The molecule has 2 aromatic carbocycles. The van der Waals surface area contributed by atoms with Gasteiger partial charge in [-0.3, -0.25) is 0 Å². The molecule has 2 heterocycles. The molecule has 0 radical (unpaired) electrons. The zero-order valence-corrected chi connectivity index (χ0v) is 18.3.